The molecule has 1 N–H and O–H groups in total. The van der Waals surface area contributed by atoms with Crippen LogP contribution in [0.2, 0.25) is 0 Å². The minimum atomic E-state index is -0.0788. The second-order valence-corrected chi connectivity index (χ2v) is 8.29. The molecular formula is C21H23BrN6O. The third-order valence-electron chi connectivity index (χ3n) is 5.09. The van der Waals surface area contributed by atoms with Gasteiger partial charge in [0.2, 0.25) is 5.91 Å². The number of carbonyl (C=O) groups excluding carboxylic acids is 1. The Morgan fingerprint density at radius 1 is 1.10 bits per heavy atom. The first-order chi connectivity index (χ1) is 14.0. The summed E-state index contributed by atoms with van der Waals surface area (Å²) < 4.78 is 2.78. The number of nitrogens with one attached hydrogen (secondary N) is 1. The van der Waals surface area contributed by atoms with Crippen molar-refractivity contribution in [1.82, 2.24) is 20.0 Å². The smallest absolute Gasteiger partial charge is 0.229 e. The van der Waals surface area contributed by atoms with Gasteiger partial charge in [-0.2, -0.15) is 5.10 Å². The number of nitrogens with zero attached hydrogens (tertiary/aromatic N) is 5. The van der Waals surface area contributed by atoms with Crippen LogP contribution in [0.5, 0.6) is 0 Å². The molecule has 1 unspecified atom stereocenters. The summed E-state index contributed by atoms with van der Waals surface area (Å²) >= 11 is 3.41. The van der Waals surface area contributed by atoms with Crippen LogP contribution in [-0.4, -0.2) is 39.0 Å². The van der Waals surface area contributed by atoms with Crippen molar-refractivity contribution in [1.29, 1.82) is 0 Å². The van der Waals surface area contributed by atoms with Crippen LogP contribution >= 0.6 is 15.9 Å². The zero-order valence-electron chi connectivity index (χ0n) is 16.5. The van der Waals surface area contributed by atoms with Crippen LogP contribution in [0, 0.1) is 19.8 Å². The van der Waals surface area contributed by atoms with Crippen molar-refractivity contribution >= 4 is 33.3 Å². The first kappa shape index (κ1) is 19.6. The summed E-state index contributed by atoms with van der Waals surface area (Å²) in [4.78, 5) is 14.8. The SMILES string of the molecule is Cc1cc(C)n(-c2ccc(N3CCCC(C(=O)Nc4ccc(Br)cc4)C3)nn2)n1. The highest BCUT2D eigenvalue weighted by atomic mass is 79.9. The van der Waals surface area contributed by atoms with Gasteiger partial charge in [0.05, 0.1) is 11.6 Å². The second-order valence-electron chi connectivity index (χ2n) is 7.37. The van der Waals surface area contributed by atoms with Crippen LogP contribution < -0.4 is 10.2 Å². The highest BCUT2D eigenvalue weighted by Gasteiger charge is 2.27. The number of hydrogen-bond donors (Lipinski definition) is 1. The first-order valence-corrected chi connectivity index (χ1v) is 10.5. The fourth-order valence-corrected chi connectivity index (χ4v) is 3.90. The first-order valence-electron chi connectivity index (χ1n) is 9.68. The van der Waals surface area contributed by atoms with E-state index in [1.165, 1.54) is 0 Å². The summed E-state index contributed by atoms with van der Waals surface area (Å²) in [6.45, 7) is 5.46. The molecule has 1 aromatic carbocycles. The Bertz CT molecular complexity index is 999. The summed E-state index contributed by atoms with van der Waals surface area (Å²) in [6.07, 6.45) is 1.81. The average molecular weight is 455 g/mol. The van der Waals surface area contributed by atoms with Gasteiger partial charge in [-0.25, -0.2) is 4.68 Å². The number of aryl methyl sites for hydroxylation is 2. The lowest BCUT2D eigenvalue weighted by Gasteiger charge is -2.32. The molecule has 1 saturated heterocycles. The van der Waals surface area contributed by atoms with E-state index in [0.29, 0.717) is 12.4 Å². The van der Waals surface area contributed by atoms with Crippen molar-refractivity contribution in [2.45, 2.75) is 26.7 Å². The van der Waals surface area contributed by atoms with Crippen LogP contribution in [0.3, 0.4) is 0 Å². The molecule has 1 aliphatic rings. The number of aromatic nitrogens is 4. The molecule has 8 heteroatoms. The summed E-state index contributed by atoms with van der Waals surface area (Å²) in [5, 5.41) is 16.2. The van der Waals surface area contributed by atoms with Gasteiger partial charge in [-0.05, 0) is 69.2 Å². The minimum absolute atomic E-state index is 0.0456. The van der Waals surface area contributed by atoms with Crippen LogP contribution in [0.1, 0.15) is 24.2 Å². The molecule has 0 aliphatic carbocycles. The molecule has 150 valence electrons. The predicted molar refractivity (Wildman–Crippen MR) is 116 cm³/mol. The number of halogens is 1. The van der Waals surface area contributed by atoms with E-state index < -0.39 is 0 Å². The lowest BCUT2D eigenvalue weighted by atomic mass is 9.97. The monoisotopic (exact) mass is 454 g/mol. The normalized spacial score (nSPS) is 16.7. The van der Waals surface area contributed by atoms with E-state index in [1.807, 2.05) is 56.3 Å². The second kappa shape index (κ2) is 8.32. The van der Waals surface area contributed by atoms with Gasteiger partial charge >= 0.3 is 0 Å². The van der Waals surface area contributed by atoms with Gasteiger partial charge in [-0.15, -0.1) is 10.2 Å². The third kappa shape index (κ3) is 4.48. The molecule has 1 fully saturated rings. The fourth-order valence-electron chi connectivity index (χ4n) is 3.64. The molecule has 29 heavy (non-hydrogen) atoms. The molecule has 3 heterocycles. The van der Waals surface area contributed by atoms with E-state index in [0.717, 1.165) is 46.8 Å². The Morgan fingerprint density at radius 3 is 2.48 bits per heavy atom. The average Bonchev–Trinajstić information content (AvgIpc) is 3.08. The van der Waals surface area contributed by atoms with E-state index in [1.54, 1.807) is 4.68 Å². The number of piperidine rings is 1. The number of carbonyl (C=O) groups is 1. The highest BCUT2D eigenvalue weighted by molar-refractivity contribution is 9.10. The molecule has 0 spiro atoms. The Balaban J connectivity index is 1.43. The topological polar surface area (TPSA) is 75.9 Å². The van der Waals surface area contributed by atoms with Gasteiger partial charge in [-0.3, -0.25) is 4.79 Å². The van der Waals surface area contributed by atoms with Crippen molar-refractivity contribution in [3.63, 3.8) is 0 Å². The number of rotatable bonds is 4. The molecule has 7 nitrogen and oxygen atoms in total. The van der Waals surface area contributed by atoms with Crippen LogP contribution in [0.15, 0.2) is 46.9 Å². The molecule has 0 radical (unpaired) electrons. The van der Waals surface area contributed by atoms with E-state index in [4.69, 9.17) is 0 Å². The standard InChI is InChI=1S/C21H23BrN6O/c1-14-12-15(2)28(26-14)20-10-9-19(24-25-20)27-11-3-4-16(13-27)21(29)23-18-7-5-17(22)6-8-18/h5-10,12,16H,3-4,11,13H2,1-2H3,(H,23,29). The number of amides is 1. The fraction of sp³-hybridized carbons (Fsp3) is 0.333. The molecule has 1 amide bonds. The van der Waals surface area contributed by atoms with E-state index >= 15 is 0 Å². The van der Waals surface area contributed by atoms with E-state index in [-0.39, 0.29) is 11.8 Å². The number of anilines is 2. The van der Waals surface area contributed by atoms with Crippen molar-refractivity contribution in [3.8, 4) is 5.82 Å². The van der Waals surface area contributed by atoms with Crippen LogP contribution in [0.25, 0.3) is 5.82 Å². The quantitative estimate of drug-likeness (QED) is 0.646. The Morgan fingerprint density at radius 2 is 1.83 bits per heavy atom. The lowest BCUT2D eigenvalue weighted by Crippen LogP contribution is -2.41. The summed E-state index contributed by atoms with van der Waals surface area (Å²) in [6, 6.07) is 13.5. The van der Waals surface area contributed by atoms with Crippen LogP contribution in [-0.2, 0) is 4.79 Å². The maximum atomic E-state index is 12.7. The van der Waals surface area contributed by atoms with Gasteiger partial charge in [-0.1, -0.05) is 15.9 Å². The maximum Gasteiger partial charge on any atom is 0.229 e. The molecule has 4 rings (SSSR count). The summed E-state index contributed by atoms with van der Waals surface area (Å²) in [5.41, 5.74) is 2.78. The molecule has 3 aromatic rings. The minimum Gasteiger partial charge on any atom is -0.354 e. The zero-order chi connectivity index (χ0) is 20.4. The maximum absolute atomic E-state index is 12.7. The summed E-state index contributed by atoms with van der Waals surface area (Å²) in [7, 11) is 0. The number of hydrogen-bond acceptors (Lipinski definition) is 5. The highest BCUT2D eigenvalue weighted by Crippen LogP contribution is 2.23. The van der Waals surface area contributed by atoms with Crippen molar-refractivity contribution in [2.24, 2.45) is 5.92 Å². The van der Waals surface area contributed by atoms with E-state index in [2.05, 4.69) is 41.4 Å². The van der Waals surface area contributed by atoms with Gasteiger partial charge in [0.15, 0.2) is 11.6 Å². The predicted octanol–water partition coefficient (Wildman–Crippen LogP) is 3.90. The molecule has 1 aliphatic heterocycles. The summed E-state index contributed by atoms with van der Waals surface area (Å²) in [5.74, 6) is 1.45. The Kier molecular flexibility index (Phi) is 5.62. The lowest BCUT2D eigenvalue weighted by molar-refractivity contribution is -0.120. The molecule has 0 saturated carbocycles. The van der Waals surface area contributed by atoms with Crippen molar-refractivity contribution in [3.05, 3.63) is 58.3 Å². The molecule has 0 bridgehead atoms. The van der Waals surface area contributed by atoms with E-state index in [9.17, 15) is 4.79 Å². The third-order valence-corrected chi connectivity index (χ3v) is 5.62. The molecular weight excluding hydrogens is 432 g/mol. The Hall–Kier alpha value is -2.74. The van der Waals surface area contributed by atoms with Crippen molar-refractivity contribution in [2.75, 3.05) is 23.3 Å². The Labute approximate surface area is 178 Å². The van der Waals surface area contributed by atoms with Gasteiger partial charge < -0.3 is 10.2 Å². The largest absolute Gasteiger partial charge is 0.354 e. The number of benzene rings is 1. The zero-order valence-corrected chi connectivity index (χ0v) is 18.1. The van der Waals surface area contributed by atoms with Gasteiger partial charge in [0.25, 0.3) is 0 Å². The van der Waals surface area contributed by atoms with Crippen molar-refractivity contribution < 1.29 is 4.79 Å². The van der Waals surface area contributed by atoms with Gasteiger partial charge in [0.1, 0.15) is 0 Å². The van der Waals surface area contributed by atoms with Gasteiger partial charge in [0, 0.05) is 28.9 Å². The molecule has 1 atom stereocenters. The molecule has 2 aromatic heterocycles. The van der Waals surface area contributed by atoms with Crippen LogP contribution in [0.4, 0.5) is 11.5 Å².